The molecule has 29 heavy (non-hydrogen) atoms. The van der Waals surface area contributed by atoms with Crippen LogP contribution in [0, 0.1) is 5.92 Å². The average Bonchev–Trinajstić information content (AvgIpc) is 3.37. The number of hydrogen-bond acceptors (Lipinski definition) is 5. The standard InChI is InChI=1S/C24H26O5/c1-27-21-12-10-19(17-7-9-18-16(14-17)8-11-20(18)25)23(24(21)28-2)29-22(26)13-15-5-3-4-6-15/h7,9-10,12,14-15H,3-6,8,11,13H2,1-2H3. The van der Waals surface area contributed by atoms with E-state index < -0.39 is 0 Å². The van der Waals surface area contributed by atoms with E-state index >= 15 is 0 Å². The van der Waals surface area contributed by atoms with Crippen molar-refractivity contribution < 1.29 is 23.8 Å². The first kappa shape index (κ1) is 19.5. The van der Waals surface area contributed by atoms with Crippen LogP contribution in [0.15, 0.2) is 30.3 Å². The van der Waals surface area contributed by atoms with E-state index in [-0.39, 0.29) is 11.8 Å². The lowest BCUT2D eigenvalue weighted by molar-refractivity contribution is -0.135. The minimum Gasteiger partial charge on any atom is -0.493 e. The Labute approximate surface area is 171 Å². The van der Waals surface area contributed by atoms with Crippen molar-refractivity contribution in [1.29, 1.82) is 0 Å². The highest BCUT2D eigenvalue weighted by atomic mass is 16.6. The van der Waals surface area contributed by atoms with Gasteiger partial charge in [-0.15, -0.1) is 0 Å². The van der Waals surface area contributed by atoms with Crippen molar-refractivity contribution in [3.8, 4) is 28.4 Å². The molecule has 5 nitrogen and oxygen atoms in total. The number of methoxy groups -OCH3 is 2. The van der Waals surface area contributed by atoms with Gasteiger partial charge >= 0.3 is 5.97 Å². The van der Waals surface area contributed by atoms with Crippen molar-refractivity contribution in [1.82, 2.24) is 0 Å². The molecule has 0 aliphatic heterocycles. The van der Waals surface area contributed by atoms with Gasteiger partial charge in [0.05, 0.1) is 14.2 Å². The van der Waals surface area contributed by atoms with Crippen molar-refractivity contribution in [2.24, 2.45) is 5.92 Å². The molecule has 0 radical (unpaired) electrons. The third kappa shape index (κ3) is 3.86. The number of rotatable bonds is 6. The fourth-order valence-corrected chi connectivity index (χ4v) is 4.46. The Balaban J connectivity index is 1.71. The van der Waals surface area contributed by atoms with Gasteiger partial charge < -0.3 is 14.2 Å². The van der Waals surface area contributed by atoms with Crippen LogP contribution in [0.5, 0.6) is 17.2 Å². The Morgan fingerprint density at radius 3 is 2.45 bits per heavy atom. The summed E-state index contributed by atoms with van der Waals surface area (Å²) >= 11 is 0. The fourth-order valence-electron chi connectivity index (χ4n) is 4.46. The predicted molar refractivity (Wildman–Crippen MR) is 110 cm³/mol. The Bertz CT molecular complexity index is 941. The molecule has 2 aromatic rings. The van der Waals surface area contributed by atoms with Crippen molar-refractivity contribution in [2.75, 3.05) is 14.2 Å². The van der Waals surface area contributed by atoms with Crippen molar-refractivity contribution in [3.63, 3.8) is 0 Å². The molecule has 0 saturated heterocycles. The molecule has 152 valence electrons. The van der Waals surface area contributed by atoms with E-state index in [9.17, 15) is 9.59 Å². The number of aryl methyl sites for hydroxylation is 1. The van der Waals surface area contributed by atoms with Crippen LogP contribution in [0.25, 0.3) is 11.1 Å². The van der Waals surface area contributed by atoms with E-state index in [4.69, 9.17) is 14.2 Å². The molecule has 0 unspecified atom stereocenters. The summed E-state index contributed by atoms with van der Waals surface area (Å²) in [6.07, 6.45) is 6.23. The van der Waals surface area contributed by atoms with Crippen molar-refractivity contribution in [2.45, 2.75) is 44.9 Å². The summed E-state index contributed by atoms with van der Waals surface area (Å²) in [6, 6.07) is 9.45. The minimum atomic E-state index is -0.249. The van der Waals surface area contributed by atoms with Gasteiger partial charge in [0.25, 0.3) is 0 Å². The van der Waals surface area contributed by atoms with Crippen molar-refractivity contribution in [3.05, 3.63) is 41.5 Å². The summed E-state index contributed by atoms with van der Waals surface area (Å²) in [5.41, 5.74) is 3.46. The van der Waals surface area contributed by atoms with Crippen LogP contribution in [0.1, 0.15) is 54.4 Å². The molecule has 0 atom stereocenters. The molecule has 0 bridgehead atoms. The Hall–Kier alpha value is -2.82. The number of ether oxygens (including phenoxy) is 3. The molecule has 0 amide bonds. The van der Waals surface area contributed by atoms with Gasteiger partial charge in [0.1, 0.15) is 0 Å². The van der Waals surface area contributed by atoms with Crippen LogP contribution in [0.2, 0.25) is 0 Å². The minimum absolute atomic E-state index is 0.182. The first-order valence-electron chi connectivity index (χ1n) is 10.2. The molecule has 1 fully saturated rings. The number of hydrogen-bond donors (Lipinski definition) is 0. The number of carbonyl (C=O) groups excluding carboxylic acids is 2. The molecule has 0 aromatic heterocycles. The van der Waals surface area contributed by atoms with Crippen LogP contribution in [-0.2, 0) is 11.2 Å². The highest BCUT2D eigenvalue weighted by Gasteiger charge is 2.25. The Kier molecular flexibility index (Phi) is 5.56. The van der Waals surface area contributed by atoms with Crippen molar-refractivity contribution >= 4 is 11.8 Å². The Morgan fingerprint density at radius 1 is 0.966 bits per heavy atom. The second-order valence-electron chi connectivity index (χ2n) is 7.80. The van der Waals surface area contributed by atoms with E-state index in [1.54, 1.807) is 13.2 Å². The number of fused-ring (bicyclic) bond motifs is 1. The summed E-state index contributed by atoms with van der Waals surface area (Å²) < 4.78 is 16.8. The lowest BCUT2D eigenvalue weighted by Gasteiger charge is -2.18. The molecule has 2 aliphatic rings. The number of Topliss-reactive ketones (excluding diaryl/α,β-unsaturated/α-hetero) is 1. The van der Waals surface area contributed by atoms with E-state index in [1.807, 2.05) is 24.3 Å². The van der Waals surface area contributed by atoms with Crippen LogP contribution in [0.3, 0.4) is 0 Å². The molecule has 1 saturated carbocycles. The lowest BCUT2D eigenvalue weighted by atomic mass is 9.99. The van der Waals surface area contributed by atoms with Gasteiger partial charge in [-0.3, -0.25) is 9.59 Å². The molecule has 0 spiro atoms. The third-order valence-electron chi connectivity index (χ3n) is 5.98. The maximum Gasteiger partial charge on any atom is 0.311 e. The molecule has 2 aromatic carbocycles. The van der Waals surface area contributed by atoms with E-state index in [2.05, 4.69) is 0 Å². The van der Waals surface area contributed by atoms with E-state index in [0.717, 1.165) is 41.5 Å². The van der Waals surface area contributed by atoms with Crippen LogP contribution >= 0.6 is 0 Å². The zero-order valence-corrected chi connectivity index (χ0v) is 17.0. The lowest BCUT2D eigenvalue weighted by Crippen LogP contribution is -2.13. The first-order chi connectivity index (χ1) is 14.1. The zero-order valence-electron chi connectivity index (χ0n) is 17.0. The van der Waals surface area contributed by atoms with Gasteiger partial charge in [-0.2, -0.15) is 0 Å². The van der Waals surface area contributed by atoms with E-state index in [0.29, 0.717) is 36.0 Å². The molecule has 0 N–H and O–H groups in total. The second kappa shape index (κ2) is 8.27. The van der Waals surface area contributed by atoms with Crippen LogP contribution < -0.4 is 14.2 Å². The van der Waals surface area contributed by atoms with Gasteiger partial charge in [-0.05, 0) is 48.4 Å². The van der Waals surface area contributed by atoms with Gasteiger partial charge in [0.2, 0.25) is 5.75 Å². The molecule has 4 rings (SSSR count). The Morgan fingerprint density at radius 2 is 1.72 bits per heavy atom. The number of esters is 1. The summed E-state index contributed by atoms with van der Waals surface area (Å²) in [5, 5.41) is 0. The van der Waals surface area contributed by atoms with Crippen LogP contribution in [0.4, 0.5) is 0 Å². The third-order valence-corrected chi connectivity index (χ3v) is 5.98. The monoisotopic (exact) mass is 394 g/mol. The highest BCUT2D eigenvalue weighted by molar-refractivity contribution is 6.01. The smallest absolute Gasteiger partial charge is 0.311 e. The summed E-state index contributed by atoms with van der Waals surface area (Å²) in [5.74, 6) is 1.62. The summed E-state index contributed by atoms with van der Waals surface area (Å²) in [6.45, 7) is 0. The number of benzene rings is 2. The topological polar surface area (TPSA) is 61.8 Å². The highest BCUT2D eigenvalue weighted by Crippen LogP contribution is 2.45. The number of ketones is 1. The van der Waals surface area contributed by atoms with Gasteiger partial charge in [0, 0.05) is 24.0 Å². The largest absolute Gasteiger partial charge is 0.493 e. The summed E-state index contributed by atoms with van der Waals surface area (Å²) in [7, 11) is 3.10. The second-order valence-corrected chi connectivity index (χ2v) is 7.80. The average molecular weight is 394 g/mol. The van der Waals surface area contributed by atoms with Gasteiger partial charge in [0.15, 0.2) is 17.3 Å². The predicted octanol–water partition coefficient (Wildman–Crippen LogP) is 4.99. The SMILES string of the molecule is COc1ccc(-c2ccc3c(c2)CCC3=O)c(OC(=O)CC2CCCC2)c1OC. The normalized spacial score (nSPS) is 16.0. The van der Waals surface area contributed by atoms with Gasteiger partial charge in [-0.1, -0.05) is 31.0 Å². The number of carbonyl (C=O) groups is 2. The maximum absolute atomic E-state index is 12.7. The molecule has 2 aliphatic carbocycles. The molecule has 0 heterocycles. The first-order valence-corrected chi connectivity index (χ1v) is 10.2. The van der Waals surface area contributed by atoms with Crippen LogP contribution in [-0.4, -0.2) is 26.0 Å². The van der Waals surface area contributed by atoms with Gasteiger partial charge in [-0.25, -0.2) is 0 Å². The maximum atomic E-state index is 12.7. The molecular formula is C24H26O5. The van der Waals surface area contributed by atoms with E-state index in [1.165, 1.54) is 20.0 Å². The fraction of sp³-hybridized carbons (Fsp3) is 0.417. The zero-order chi connectivity index (χ0) is 20.4. The quantitative estimate of drug-likeness (QED) is 0.510. The molecular weight excluding hydrogens is 368 g/mol. The molecule has 5 heteroatoms. The summed E-state index contributed by atoms with van der Waals surface area (Å²) in [4.78, 5) is 24.7.